The standard InChI is InChI=1S/C44H50N4O7S/c1-44(2,3)30-25-37(40(49)12-9-17-48-18-20-56(51)21-19-48)42(54-6)39(26-30)47-43(50)46-38-13-14-41(36-11-8-7-10-35(36)38)55-32-15-16-45-31(27-32)22-29-23-33(52-4)28-34(24-29)53-5/h7-8,10-11,13-16,23-28H,9,12,17-22H2,1-6H3,(H2,46,47,50). The van der Waals surface area contributed by atoms with E-state index >= 15 is 0 Å². The first-order valence-corrected chi connectivity index (χ1v) is 20.2. The Labute approximate surface area is 331 Å². The van der Waals surface area contributed by atoms with Crippen LogP contribution in [0, 0.1) is 0 Å². The van der Waals surface area contributed by atoms with Gasteiger partial charge >= 0.3 is 6.03 Å². The van der Waals surface area contributed by atoms with Gasteiger partial charge < -0.3 is 34.5 Å². The minimum Gasteiger partial charge on any atom is -0.497 e. The van der Waals surface area contributed by atoms with Crippen molar-refractivity contribution >= 4 is 44.8 Å². The van der Waals surface area contributed by atoms with Crippen LogP contribution in [0.15, 0.2) is 85.1 Å². The summed E-state index contributed by atoms with van der Waals surface area (Å²) in [6, 6.07) is 24.0. The van der Waals surface area contributed by atoms with Crippen LogP contribution in [0.4, 0.5) is 16.2 Å². The van der Waals surface area contributed by atoms with Gasteiger partial charge in [0.25, 0.3) is 0 Å². The smallest absolute Gasteiger partial charge is 0.323 e. The fraction of sp³-hybridized carbons (Fsp3) is 0.341. The van der Waals surface area contributed by atoms with Gasteiger partial charge in [-0.25, -0.2) is 4.79 Å². The summed E-state index contributed by atoms with van der Waals surface area (Å²) in [5, 5.41) is 7.57. The molecule has 56 heavy (non-hydrogen) atoms. The number of methoxy groups -OCH3 is 3. The lowest BCUT2D eigenvalue weighted by Crippen LogP contribution is -2.38. The molecular weight excluding hydrogens is 729 g/mol. The summed E-state index contributed by atoms with van der Waals surface area (Å²) in [4.78, 5) is 34.2. The fourth-order valence-electron chi connectivity index (χ4n) is 6.74. The van der Waals surface area contributed by atoms with Crippen molar-refractivity contribution in [3.63, 3.8) is 0 Å². The number of nitrogens with one attached hydrogen (secondary N) is 2. The van der Waals surface area contributed by atoms with E-state index in [0.29, 0.717) is 76.5 Å². The minimum absolute atomic E-state index is 0.0552. The molecule has 2 N–H and O–H groups in total. The number of hydrogen-bond acceptors (Lipinski definition) is 9. The second-order valence-electron chi connectivity index (χ2n) is 14.8. The number of amides is 2. The van der Waals surface area contributed by atoms with Gasteiger partial charge in [0, 0.05) is 83.0 Å². The summed E-state index contributed by atoms with van der Waals surface area (Å²) in [6.45, 7) is 8.52. The van der Waals surface area contributed by atoms with Crippen LogP contribution in [-0.4, -0.2) is 78.4 Å². The minimum atomic E-state index is -0.744. The molecular formula is C44H50N4O7S. The number of fused-ring (bicyclic) bond motifs is 1. The Kier molecular flexibility index (Phi) is 12.9. The van der Waals surface area contributed by atoms with Crippen molar-refractivity contribution in [2.24, 2.45) is 0 Å². The average Bonchev–Trinajstić information content (AvgIpc) is 3.18. The Morgan fingerprint density at radius 2 is 1.50 bits per heavy atom. The molecule has 4 aromatic carbocycles. The predicted molar refractivity (Wildman–Crippen MR) is 223 cm³/mol. The number of carbonyl (C=O) groups is 2. The maximum atomic E-state index is 13.7. The normalized spacial score (nSPS) is 13.6. The topological polar surface area (TPSA) is 128 Å². The molecule has 1 saturated heterocycles. The van der Waals surface area contributed by atoms with Crippen LogP contribution in [0.25, 0.3) is 10.8 Å². The zero-order valence-corrected chi connectivity index (χ0v) is 33.7. The van der Waals surface area contributed by atoms with Crippen LogP contribution in [0.2, 0.25) is 0 Å². The predicted octanol–water partition coefficient (Wildman–Crippen LogP) is 8.61. The number of carbonyl (C=O) groups excluding carboxylic acids is 2. The molecule has 0 aliphatic carbocycles. The van der Waals surface area contributed by atoms with E-state index in [0.717, 1.165) is 47.2 Å². The molecule has 0 unspecified atom stereocenters. The average molecular weight is 779 g/mol. The van der Waals surface area contributed by atoms with E-state index in [-0.39, 0.29) is 11.2 Å². The summed E-state index contributed by atoms with van der Waals surface area (Å²) in [5.41, 5.74) is 3.81. The second-order valence-corrected chi connectivity index (χ2v) is 16.5. The molecule has 6 rings (SSSR count). The maximum Gasteiger partial charge on any atom is 0.323 e. The first kappa shape index (κ1) is 40.2. The largest absolute Gasteiger partial charge is 0.497 e. The number of hydrogen-bond donors (Lipinski definition) is 2. The van der Waals surface area contributed by atoms with Crippen LogP contribution in [0.1, 0.15) is 60.8 Å². The van der Waals surface area contributed by atoms with Crippen LogP contribution >= 0.6 is 0 Å². The number of nitrogens with zero attached hydrogens (tertiary/aromatic N) is 2. The van der Waals surface area contributed by atoms with Gasteiger partial charge in [-0.1, -0.05) is 45.0 Å². The van der Waals surface area contributed by atoms with Gasteiger partial charge in [0.1, 0.15) is 23.0 Å². The highest BCUT2D eigenvalue weighted by Crippen LogP contribution is 2.38. The molecule has 11 nitrogen and oxygen atoms in total. The van der Waals surface area contributed by atoms with E-state index in [1.807, 2.05) is 66.7 Å². The van der Waals surface area contributed by atoms with Crippen molar-refractivity contribution in [3.05, 3.63) is 107 Å². The quantitative estimate of drug-likeness (QED) is 0.107. The van der Waals surface area contributed by atoms with Crippen molar-refractivity contribution in [2.75, 3.05) is 63.1 Å². The summed E-state index contributed by atoms with van der Waals surface area (Å²) in [7, 11) is 4.01. The molecule has 1 aliphatic heterocycles. The van der Waals surface area contributed by atoms with Gasteiger partial charge in [-0.15, -0.1) is 0 Å². The highest BCUT2D eigenvalue weighted by Gasteiger charge is 2.25. The number of Topliss-reactive ketones (excluding diaryl/α,β-unsaturated/α-hetero) is 1. The monoisotopic (exact) mass is 778 g/mol. The Bertz CT molecular complexity index is 2200. The number of pyridine rings is 1. The number of urea groups is 1. The lowest BCUT2D eigenvalue weighted by Gasteiger charge is -2.26. The van der Waals surface area contributed by atoms with Crippen molar-refractivity contribution < 1.29 is 32.7 Å². The molecule has 0 spiro atoms. The molecule has 5 aromatic rings. The molecule has 0 atom stereocenters. The number of aromatic nitrogens is 1. The second kappa shape index (κ2) is 18.0. The van der Waals surface area contributed by atoms with E-state index in [4.69, 9.17) is 18.9 Å². The van der Waals surface area contributed by atoms with Gasteiger partial charge in [-0.3, -0.25) is 14.0 Å². The molecule has 1 fully saturated rings. The van der Waals surface area contributed by atoms with Crippen LogP contribution in [-0.2, 0) is 22.6 Å². The SMILES string of the molecule is COc1cc(Cc2cc(Oc3ccc(NC(=O)Nc4cc(C(C)(C)C)cc(C(=O)CCCN5CCS(=O)CC5)c4OC)c4ccccc34)ccn2)cc(OC)c1. The third kappa shape index (κ3) is 10.0. The van der Waals surface area contributed by atoms with Crippen molar-refractivity contribution in [3.8, 4) is 28.7 Å². The molecule has 0 bridgehead atoms. The number of rotatable bonds is 14. The summed E-state index contributed by atoms with van der Waals surface area (Å²) < 4.78 is 34.8. The van der Waals surface area contributed by atoms with Gasteiger partial charge in [0.2, 0.25) is 0 Å². The van der Waals surface area contributed by atoms with Gasteiger partial charge in [0.05, 0.1) is 38.3 Å². The lowest BCUT2D eigenvalue weighted by molar-refractivity contribution is 0.0972. The Hall–Kier alpha value is -5.46. The number of benzene rings is 4. The van der Waals surface area contributed by atoms with Crippen LogP contribution in [0.3, 0.4) is 0 Å². The first-order valence-electron chi connectivity index (χ1n) is 18.7. The van der Waals surface area contributed by atoms with Gasteiger partial charge in [0.15, 0.2) is 11.5 Å². The molecule has 0 radical (unpaired) electrons. The summed E-state index contributed by atoms with van der Waals surface area (Å²) >= 11 is 0. The van der Waals surface area contributed by atoms with Gasteiger partial charge in [-0.2, -0.15) is 0 Å². The summed E-state index contributed by atoms with van der Waals surface area (Å²) in [5.74, 6) is 4.26. The number of ether oxygens (including phenoxy) is 4. The van der Waals surface area contributed by atoms with E-state index < -0.39 is 16.8 Å². The van der Waals surface area contributed by atoms with Gasteiger partial charge in [-0.05, 0) is 72.0 Å². The van der Waals surface area contributed by atoms with Crippen molar-refractivity contribution in [1.82, 2.24) is 9.88 Å². The van der Waals surface area contributed by atoms with E-state index in [9.17, 15) is 13.8 Å². The zero-order chi connectivity index (χ0) is 39.8. The summed E-state index contributed by atoms with van der Waals surface area (Å²) in [6.07, 6.45) is 3.26. The Balaban J connectivity index is 1.19. The third-order valence-corrected chi connectivity index (χ3v) is 11.1. The van der Waals surface area contributed by atoms with Crippen molar-refractivity contribution in [1.29, 1.82) is 0 Å². The highest BCUT2D eigenvalue weighted by atomic mass is 32.2. The molecule has 1 aliphatic rings. The Morgan fingerprint density at radius 1 is 0.804 bits per heavy atom. The molecule has 2 amide bonds. The Morgan fingerprint density at radius 3 is 2.18 bits per heavy atom. The van der Waals surface area contributed by atoms with E-state index in [1.165, 1.54) is 7.11 Å². The highest BCUT2D eigenvalue weighted by molar-refractivity contribution is 7.85. The molecule has 0 saturated carbocycles. The molecule has 12 heteroatoms. The van der Waals surface area contributed by atoms with Crippen LogP contribution < -0.4 is 29.6 Å². The molecule has 294 valence electrons. The van der Waals surface area contributed by atoms with Crippen LogP contribution in [0.5, 0.6) is 28.7 Å². The van der Waals surface area contributed by atoms with E-state index in [1.54, 1.807) is 32.5 Å². The zero-order valence-electron chi connectivity index (χ0n) is 32.9. The van der Waals surface area contributed by atoms with Crippen molar-refractivity contribution in [2.45, 2.75) is 45.4 Å². The fourth-order valence-corrected chi connectivity index (χ4v) is 7.87. The number of anilines is 2. The number of ketones is 1. The molecule has 2 heterocycles. The first-order chi connectivity index (χ1) is 26.9. The lowest BCUT2D eigenvalue weighted by atomic mass is 9.84. The van der Waals surface area contributed by atoms with E-state index in [2.05, 4.69) is 41.3 Å². The maximum absolute atomic E-state index is 13.7. The third-order valence-electron chi connectivity index (χ3n) is 9.80. The molecule has 1 aromatic heterocycles.